The monoisotopic (exact) mass is 306 g/mol. The Morgan fingerprint density at radius 1 is 1.38 bits per heavy atom. The van der Waals surface area contributed by atoms with Gasteiger partial charge in [-0.1, -0.05) is 23.5 Å². The minimum absolute atomic E-state index is 0.206. The molecular formula is C14H18N4O2S. The molecule has 0 saturated carbocycles. The molecule has 0 fully saturated rings. The van der Waals surface area contributed by atoms with Crippen LogP contribution in [0.4, 0.5) is 10.5 Å². The van der Waals surface area contributed by atoms with Crippen molar-refractivity contribution < 1.29 is 9.90 Å². The van der Waals surface area contributed by atoms with Gasteiger partial charge in [-0.2, -0.15) is 0 Å². The van der Waals surface area contributed by atoms with E-state index in [2.05, 4.69) is 20.2 Å². The van der Waals surface area contributed by atoms with Crippen molar-refractivity contribution in [3.05, 3.63) is 29.6 Å². The molecule has 0 radical (unpaired) electrons. The lowest BCUT2D eigenvalue weighted by molar-refractivity contribution is 0.0587. The Morgan fingerprint density at radius 3 is 2.67 bits per heavy atom. The number of aliphatic hydroxyl groups is 1. The average Bonchev–Trinajstić information content (AvgIpc) is 3.00. The molecule has 1 aromatic carbocycles. The van der Waals surface area contributed by atoms with Crippen LogP contribution in [-0.4, -0.2) is 32.9 Å². The minimum Gasteiger partial charge on any atom is -0.388 e. The van der Waals surface area contributed by atoms with Crippen LogP contribution in [0.1, 0.15) is 20.3 Å². The summed E-state index contributed by atoms with van der Waals surface area (Å²) in [5.41, 5.74) is 1.55. The Balaban J connectivity index is 1.90. The van der Waals surface area contributed by atoms with E-state index in [-0.39, 0.29) is 12.6 Å². The molecule has 2 rings (SSSR count). The molecule has 3 N–H and O–H groups in total. The van der Waals surface area contributed by atoms with E-state index in [4.69, 9.17) is 0 Å². The number of urea groups is 1. The van der Waals surface area contributed by atoms with E-state index in [0.29, 0.717) is 12.1 Å². The molecule has 0 spiro atoms. The third kappa shape index (κ3) is 4.51. The third-order valence-corrected chi connectivity index (χ3v) is 3.69. The summed E-state index contributed by atoms with van der Waals surface area (Å²) in [4.78, 5) is 11.7. The normalized spacial score (nSPS) is 13.5. The van der Waals surface area contributed by atoms with Gasteiger partial charge in [-0.05, 0) is 37.0 Å². The molecule has 0 aliphatic heterocycles. The quantitative estimate of drug-likeness (QED) is 0.792. The number of nitrogens with zero attached hydrogens (tertiary/aromatic N) is 2. The molecule has 0 unspecified atom stereocenters. The van der Waals surface area contributed by atoms with E-state index >= 15 is 0 Å². The maximum Gasteiger partial charge on any atom is 0.319 e. The Morgan fingerprint density at radius 2 is 2.10 bits per heavy atom. The van der Waals surface area contributed by atoms with Crippen molar-refractivity contribution in [3.63, 3.8) is 0 Å². The maximum absolute atomic E-state index is 11.7. The van der Waals surface area contributed by atoms with E-state index in [1.165, 1.54) is 11.5 Å². The summed E-state index contributed by atoms with van der Waals surface area (Å²) >= 11 is 1.30. The van der Waals surface area contributed by atoms with Crippen LogP contribution in [0.25, 0.3) is 11.3 Å². The number of carbonyl (C=O) groups is 1. The van der Waals surface area contributed by atoms with E-state index in [0.717, 1.165) is 11.3 Å². The average molecular weight is 306 g/mol. The number of aromatic nitrogens is 2. The third-order valence-electron chi connectivity index (χ3n) is 3.19. The molecular weight excluding hydrogens is 288 g/mol. The van der Waals surface area contributed by atoms with Gasteiger partial charge in [0.05, 0.1) is 5.60 Å². The van der Waals surface area contributed by atoms with Gasteiger partial charge < -0.3 is 15.7 Å². The summed E-state index contributed by atoms with van der Waals surface area (Å²) in [7, 11) is 0. The number of amides is 2. The zero-order valence-electron chi connectivity index (χ0n) is 12.0. The van der Waals surface area contributed by atoms with E-state index in [9.17, 15) is 9.90 Å². The van der Waals surface area contributed by atoms with E-state index in [1.807, 2.05) is 24.4 Å². The topological polar surface area (TPSA) is 87.1 Å². The molecule has 1 atom stereocenters. The highest BCUT2D eigenvalue weighted by Crippen LogP contribution is 2.20. The van der Waals surface area contributed by atoms with Crippen LogP contribution in [0.5, 0.6) is 0 Å². The zero-order chi connectivity index (χ0) is 15.3. The standard InChI is InChI=1S/C14H18N4O2S/c1-3-14(2,20)9-15-13(19)16-11-6-4-10(5-7-11)12-8-21-18-17-12/h4-8,20H,3,9H2,1-2H3,(H2,15,16,19)/t14-/m0/s1. The number of hydrogen-bond acceptors (Lipinski definition) is 5. The molecule has 7 heteroatoms. The van der Waals surface area contributed by atoms with Crippen LogP contribution < -0.4 is 10.6 Å². The lowest BCUT2D eigenvalue weighted by Gasteiger charge is -2.21. The second-order valence-electron chi connectivity index (χ2n) is 5.03. The van der Waals surface area contributed by atoms with Gasteiger partial charge in [0.25, 0.3) is 0 Å². The van der Waals surface area contributed by atoms with Gasteiger partial charge in [-0.25, -0.2) is 4.79 Å². The van der Waals surface area contributed by atoms with Crippen molar-refractivity contribution in [1.82, 2.24) is 14.9 Å². The first kappa shape index (κ1) is 15.4. The largest absolute Gasteiger partial charge is 0.388 e. The number of benzene rings is 1. The Bertz CT molecular complexity index is 582. The lowest BCUT2D eigenvalue weighted by atomic mass is 10.0. The zero-order valence-corrected chi connectivity index (χ0v) is 12.8. The molecule has 112 valence electrons. The first-order valence-corrected chi connectivity index (χ1v) is 7.48. The first-order chi connectivity index (χ1) is 10.00. The molecule has 6 nitrogen and oxygen atoms in total. The minimum atomic E-state index is -0.890. The molecule has 0 aliphatic rings. The summed E-state index contributed by atoms with van der Waals surface area (Å²) < 4.78 is 3.81. The van der Waals surface area contributed by atoms with Crippen molar-refractivity contribution >= 4 is 23.3 Å². The predicted octanol–water partition coefficient (Wildman–Crippen LogP) is 2.49. The second kappa shape index (κ2) is 6.64. The van der Waals surface area contributed by atoms with Crippen molar-refractivity contribution in [2.45, 2.75) is 25.9 Å². The van der Waals surface area contributed by atoms with Crippen LogP contribution in [0.3, 0.4) is 0 Å². The lowest BCUT2D eigenvalue weighted by Crippen LogP contribution is -2.41. The summed E-state index contributed by atoms with van der Waals surface area (Å²) in [5.74, 6) is 0. The van der Waals surface area contributed by atoms with Crippen LogP contribution in [0, 0.1) is 0 Å². The molecule has 1 aromatic heterocycles. The summed E-state index contributed by atoms with van der Waals surface area (Å²) in [6.45, 7) is 3.76. The van der Waals surface area contributed by atoms with Crippen LogP contribution >= 0.6 is 11.5 Å². The van der Waals surface area contributed by atoms with Gasteiger partial charge in [0, 0.05) is 23.2 Å². The highest BCUT2D eigenvalue weighted by Gasteiger charge is 2.18. The van der Waals surface area contributed by atoms with Gasteiger partial charge >= 0.3 is 6.03 Å². The highest BCUT2D eigenvalue weighted by molar-refractivity contribution is 7.03. The number of nitrogens with one attached hydrogen (secondary N) is 2. The molecule has 0 saturated heterocycles. The van der Waals surface area contributed by atoms with E-state index in [1.54, 1.807) is 19.1 Å². The molecule has 0 bridgehead atoms. The van der Waals surface area contributed by atoms with Crippen molar-refractivity contribution in [1.29, 1.82) is 0 Å². The molecule has 2 aromatic rings. The summed E-state index contributed by atoms with van der Waals surface area (Å²) in [6, 6.07) is 6.99. The number of carbonyl (C=O) groups excluding carboxylic acids is 1. The highest BCUT2D eigenvalue weighted by atomic mass is 32.1. The van der Waals surface area contributed by atoms with Gasteiger partial charge in [0.2, 0.25) is 0 Å². The molecule has 21 heavy (non-hydrogen) atoms. The van der Waals surface area contributed by atoms with Crippen molar-refractivity contribution in [2.24, 2.45) is 0 Å². The molecule has 1 heterocycles. The number of rotatable bonds is 5. The van der Waals surface area contributed by atoms with Crippen molar-refractivity contribution in [3.8, 4) is 11.3 Å². The smallest absolute Gasteiger partial charge is 0.319 e. The number of anilines is 1. The second-order valence-corrected chi connectivity index (χ2v) is 5.64. The maximum atomic E-state index is 11.7. The first-order valence-electron chi connectivity index (χ1n) is 6.65. The van der Waals surface area contributed by atoms with Crippen LogP contribution in [0.15, 0.2) is 29.6 Å². The Kier molecular flexibility index (Phi) is 4.87. The Hall–Kier alpha value is -1.99. The summed E-state index contributed by atoms with van der Waals surface area (Å²) in [6.07, 6.45) is 0.573. The van der Waals surface area contributed by atoms with Crippen molar-refractivity contribution in [2.75, 3.05) is 11.9 Å². The predicted molar refractivity (Wildman–Crippen MR) is 83.3 cm³/mol. The SMILES string of the molecule is CC[C@](C)(O)CNC(=O)Nc1ccc(-c2csnn2)cc1. The number of hydrogen-bond donors (Lipinski definition) is 3. The van der Waals surface area contributed by atoms with Crippen LogP contribution in [-0.2, 0) is 0 Å². The fraction of sp³-hybridized carbons (Fsp3) is 0.357. The fourth-order valence-corrected chi connectivity index (χ4v) is 2.05. The van der Waals surface area contributed by atoms with Crippen LogP contribution in [0.2, 0.25) is 0 Å². The fourth-order valence-electron chi connectivity index (χ4n) is 1.59. The summed E-state index contributed by atoms with van der Waals surface area (Å²) in [5, 5.41) is 21.0. The Labute approximate surface area is 127 Å². The van der Waals surface area contributed by atoms with Gasteiger partial charge in [-0.15, -0.1) is 5.10 Å². The van der Waals surface area contributed by atoms with Gasteiger partial charge in [0.15, 0.2) is 0 Å². The molecule has 0 aliphatic carbocycles. The molecule has 2 amide bonds. The van der Waals surface area contributed by atoms with E-state index < -0.39 is 5.60 Å². The van der Waals surface area contributed by atoms with Gasteiger partial charge in [-0.3, -0.25) is 0 Å². The van der Waals surface area contributed by atoms with Gasteiger partial charge in [0.1, 0.15) is 5.69 Å².